The lowest BCUT2D eigenvalue weighted by Crippen LogP contribution is -2.26. The summed E-state index contributed by atoms with van der Waals surface area (Å²) in [5.41, 5.74) is 6.23. The molecule has 2 nitrogen and oxygen atoms in total. The molecule has 0 radical (unpaired) electrons. The Kier molecular flexibility index (Phi) is 2.31. The highest BCUT2D eigenvalue weighted by Gasteiger charge is 2.52. The molecule has 2 saturated carbocycles. The summed E-state index contributed by atoms with van der Waals surface area (Å²) in [6, 6.07) is 1.92. The van der Waals surface area contributed by atoms with Crippen LogP contribution in [0.5, 0.6) is 0 Å². The molecule has 2 rings (SSSR count). The molecule has 2 aliphatic carbocycles. The number of nitriles is 1. The third kappa shape index (κ3) is 1.35. The molecule has 0 amide bonds. The van der Waals surface area contributed by atoms with Gasteiger partial charge in [-0.15, -0.1) is 0 Å². The summed E-state index contributed by atoms with van der Waals surface area (Å²) in [4.78, 5) is 0. The quantitative estimate of drug-likeness (QED) is 0.729. The second-order valence-electron chi connectivity index (χ2n) is 5.67. The average Bonchev–Trinajstić information content (AvgIpc) is 2.54. The van der Waals surface area contributed by atoms with Crippen LogP contribution in [0.3, 0.4) is 0 Å². The van der Waals surface area contributed by atoms with Gasteiger partial charge in [-0.2, -0.15) is 5.26 Å². The van der Waals surface area contributed by atoms with Crippen molar-refractivity contribution in [2.45, 2.75) is 45.6 Å². The lowest BCUT2D eigenvalue weighted by molar-refractivity contribution is 0.227. The highest BCUT2D eigenvalue weighted by atomic mass is 14.7. The third-order valence-electron chi connectivity index (χ3n) is 4.71. The van der Waals surface area contributed by atoms with E-state index in [2.05, 4.69) is 19.9 Å². The van der Waals surface area contributed by atoms with E-state index >= 15 is 0 Å². The van der Waals surface area contributed by atoms with Gasteiger partial charge in [-0.3, -0.25) is 0 Å². The Balaban J connectivity index is 2.03. The van der Waals surface area contributed by atoms with Gasteiger partial charge < -0.3 is 5.73 Å². The molecule has 0 aromatic heterocycles. The molecule has 0 aromatic carbocycles. The van der Waals surface area contributed by atoms with Crippen LogP contribution >= 0.6 is 0 Å². The van der Waals surface area contributed by atoms with Gasteiger partial charge >= 0.3 is 0 Å². The molecule has 2 fully saturated rings. The zero-order valence-corrected chi connectivity index (χ0v) is 9.16. The lowest BCUT2D eigenvalue weighted by atomic mass is 9.78. The predicted molar refractivity (Wildman–Crippen MR) is 56.3 cm³/mol. The maximum atomic E-state index is 8.72. The Morgan fingerprint density at radius 3 is 2.64 bits per heavy atom. The van der Waals surface area contributed by atoms with Crippen molar-refractivity contribution in [1.29, 1.82) is 5.26 Å². The van der Waals surface area contributed by atoms with E-state index in [1.54, 1.807) is 0 Å². The van der Waals surface area contributed by atoms with Gasteiger partial charge in [0.1, 0.15) is 0 Å². The first-order valence-electron chi connectivity index (χ1n) is 5.71. The van der Waals surface area contributed by atoms with Crippen molar-refractivity contribution < 1.29 is 0 Å². The van der Waals surface area contributed by atoms with Crippen molar-refractivity contribution in [2.75, 3.05) is 0 Å². The number of hydrogen-bond acceptors (Lipinski definition) is 2. The van der Waals surface area contributed by atoms with Gasteiger partial charge in [0.2, 0.25) is 0 Å². The molecular weight excluding hydrogens is 172 g/mol. The summed E-state index contributed by atoms with van der Waals surface area (Å²) in [5.74, 6) is 2.44. The van der Waals surface area contributed by atoms with Crippen LogP contribution in [0.4, 0.5) is 0 Å². The standard InChI is InChI=1S/C12H20N2/c1-12(2)9-3-4-11(12)8(5-9)6-10(14)7-13/h8-11H,3-6,14H2,1-2H3. The van der Waals surface area contributed by atoms with E-state index < -0.39 is 0 Å². The van der Waals surface area contributed by atoms with Crippen LogP contribution in [0.2, 0.25) is 0 Å². The molecular formula is C12H20N2. The first-order chi connectivity index (χ1) is 6.55. The average molecular weight is 192 g/mol. The molecule has 0 heterocycles. The Bertz CT molecular complexity index is 264. The van der Waals surface area contributed by atoms with Crippen molar-refractivity contribution in [3.8, 4) is 6.07 Å². The zero-order chi connectivity index (χ0) is 10.3. The molecule has 2 N–H and O–H groups in total. The van der Waals surface area contributed by atoms with Gasteiger partial charge in [-0.25, -0.2) is 0 Å². The fourth-order valence-electron chi connectivity index (χ4n) is 3.86. The Morgan fingerprint density at radius 1 is 1.50 bits per heavy atom. The summed E-state index contributed by atoms with van der Waals surface area (Å²) in [5, 5.41) is 8.72. The van der Waals surface area contributed by atoms with Crippen LogP contribution in [0.1, 0.15) is 39.5 Å². The highest BCUT2D eigenvalue weighted by Crippen LogP contribution is 2.61. The van der Waals surface area contributed by atoms with Crippen molar-refractivity contribution >= 4 is 0 Å². The molecule has 78 valence electrons. The fourth-order valence-corrected chi connectivity index (χ4v) is 3.86. The number of nitrogens with two attached hydrogens (primary N) is 1. The Labute approximate surface area is 86.5 Å². The van der Waals surface area contributed by atoms with E-state index in [1.165, 1.54) is 19.3 Å². The Hall–Kier alpha value is -0.550. The van der Waals surface area contributed by atoms with Gasteiger partial charge in [-0.1, -0.05) is 13.8 Å². The van der Waals surface area contributed by atoms with Crippen molar-refractivity contribution in [3.63, 3.8) is 0 Å². The van der Waals surface area contributed by atoms with Crippen molar-refractivity contribution in [2.24, 2.45) is 28.9 Å². The molecule has 0 saturated heterocycles. The molecule has 0 aromatic rings. The highest BCUT2D eigenvalue weighted by molar-refractivity contribution is 5.04. The zero-order valence-electron chi connectivity index (χ0n) is 9.16. The smallest absolute Gasteiger partial charge is 0.0930 e. The second kappa shape index (κ2) is 3.24. The van der Waals surface area contributed by atoms with Crippen LogP contribution in [0, 0.1) is 34.5 Å². The number of nitrogens with zero attached hydrogens (tertiary/aromatic N) is 1. The Morgan fingerprint density at radius 2 is 2.21 bits per heavy atom. The first-order valence-corrected chi connectivity index (χ1v) is 5.71. The van der Waals surface area contributed by atoms with Crippen molar-refractivity contribution in [1.82, 2.24) is 0 Å². The molecule has 4 atom stereocenters. The molecule has 4 unspecified atom stereocenters. The van der Waals surface area contributed by atoms with Crippen LogP contribution in [0.25, 0.3) is 0 Å². The maximum Gasteiger partial charge on any atom is 0.0930 e. The SMILES string of the molecule is CC1(C)C2CCC1C(CC(N)C#N)C2. The largest absolute Gasteiger partial charge is 0.316 e. The first kappa shape index (κ1) is 9.98. The molecule has 0 spiro atoms. The summed E-state index contributed by atoms with van der Waals surface area (Å²) >= 11 is 0. The summed E-state index contributed by atoms with van der Waals surface area (Å²) in [7, 11) is 0. The molecule has 2 aliphatic rings. The monoisotopic (exact) mass is 192 g/mol. The molecule has 2 bridgehead atoms. The molecule has 0 aliphatic heterocycles. The lowest BCUT2D eigenvalue weighted by Gasteiger charge is -2.27. The minimum atomic E-state index is -0.241. The topological polar surface area (TPSA) is 49.8 Å². The van der Waals surface area contributed by atoms with E-state index in [9.17, 15) is 0 Å². The van der Waals surface area contributed by atoms with E-state index in [0.717, 1.165) is 24.2 Å². The minimum absolute atomic E-state index is 0.241. The number of fused-ring (bicyclic) bond motifs is 2. The fraction of sp³-hybridized carbons (Fsp3) is 0.917. The van der Waals surface area contributed by atoms with E-state index in [1.807, 2.05) is 0 Å². The number of hydrogen-bond donors (Lipinski definition) is 1. The van der Waals surface area contributed by atoms with E-state index in [-0.39, 0.29) is 6.04 Å². The van der Waals surface area contributed by atoms with Crippen LogP contribution in [0.15, 0.2) is 0 Å². The third-order valence-corrected chi connectivity index (χ3v) is 4.71. The van der Waals surface area contributed by atoms with Gasteiger partial charge in [-0.05, 0) is 48.9 Å². The van der Waals surface area contributed by atoms with Crippen molar-refractivity contribution in [3.05, 3.63) is 0 Å². The number of rotatable bonds is 2. The molecule has 2 heteroatoms. The minimum Gasteiger partial charge on any atom is -0.316 e. The van der Waals surface area contributed by atoms with Gasteiger partial charge in [0.15, 0.2) is 0 Å². The van der Waals surface area contributed by atoms with Crippen LogP contribution in [-0.4, -0.2) is 6.04 Å². The summed E-state index contributed by atoms with van der Waals surface area (Å²) < 4.78 is 0. The maximum absolute atomic E-state index is 8.72. The predicted octanol–water partition coefficient (Wildman–Crippen LogP) is 2.30. The van der Waals surface area contributed by atoms with Gasteiger partial charge in [0.05, 0.1) is 12.1 Å². The van der Waals surface area contributed by atoms with Crippen LogP contribution < -0.4 is 5.73 Å². The van der Waals surface area contributed by atoms with E-state index in [4.69, 9.17) is 11.0 Å². The summed E-state index contributed by atoms with van der Waals surface area (Å²) in [6.07, 6.45) is 4.99. The second-order valence-corrected chi connectivity index (χ2v) is 5.67. The van der Waals surface area contributed by atoms with Crippen LogP contribution in [-0.2, 0) is 0 Å². The molecule has 14 heavy (non-hydrogen) atoms. The van der Waals surface area contributed by atoms with Gasteiger partial charge in [0.25, 0.3) is 0 Å². The van der Waals surface area contributed by atoms with Gasteiger partial charge in [0, 0.05) is 0 Å². The van der Waals surface area contributed by atoms with E-state index in [0.29, 0.717) is 5.41 Å². The summed E-state index contributed by atoms with van der Waals surface area (Å²) in [6.45, 7) is 4.79. The normalized spacial score (nSPS) is 40.9.